The Kier molecular flexibility index (Phi) is 6.56. The van der Waals surface area contributed by atoms with Gasteiger partial charge in [-0.15, -0.1) is 0 Å². The van der Waals surface area contributed by atoms with Crippen molar-refractivity contribution >= 4 is 0 Å². The van der Waals surface area contributed by atoms with Gasteiger partial charge in [-0.1, -0.05) is 43.5 Å². The highest BCUT2D eigenvalue weighted by molar-refractivity contribution is 5.26. The van der Waals surface area contributed by atoms with Gasteiger partial charge in [-0.25, -0.2) is 0 Å². The van der Waals surface area contributed by atoms with E-state index in [1.807, 2.05) is 18.2 Å². The SMILES string of the molecule is OCc1ccccc1CNC1CCCCC1.[Cl-]. The van der Waals surface area contributed by atoms with Crippen LogP contribution in [0, 0.1) is 0 Å². The Hall–Kier alpha value is -0.570. The van der Waals surface area contributed by atoms with Crippen molar-refractivity contribution in [2.45, 2.75) is 51.3 Å². The molecule has 3 heteroatoms. The minimum atomic E-state index is 0. The van der Waals surface area contributed by atoms with Gasteiger partial charge in [0.2, 0.25) is 0 Å². The molecule has 0 aliphatic heterocycles. The minimum Gasteiger partial charge on any atom is -1.00 e. The fourth-order valence-corrected chi connectivity index (χ4v) is 2.45. The molecular weight excluding hydrogens is 234 g/mol. The van der Waals surface area contributed by atoms with E-state index >= 15 is 0 Å². The van der Waals surface area contributed by atoms with Crippen molar-refractivity contribution in [3.05, 3.63) is 35.4 Å². The smallest absolute Gasteiger partial charge is 0.0685 e. The average Bonchev–Trinajstić information content (AvgIpc) is 2.38. The van der Waals surface area contributed by atoms with Crippen LogP contribution in [0.2, 0.25) is 0 Å². The van der Waals surface area contributed by atoms with E-state index in [2.05, 4.69) is 11.4 Å². The first-order chi connectivity index (χ1) is 7.90. The van der Waals surface area contributed by atoms with Crippen molar-refractivity contribution in [3.63, 3.8) is 0 Å². The molecule has 1 aliphatic rings. The van der Waals surface area contributed by atoms with Gasteiger partial charge < -0.3 is 22.8 Å². The van der Waals surface area contributed by atoms with Gasteiger partial charge in [-0.05, 0) is 24.0 Å². The average molecular weight is 255 g/mol. The van der Waals surface area contributed by atoms with E-state index in [9.17, 15) is 5.11 Å². The lowest BCUT2D eigenvalue weighted by atomic mass is 9.95. The van der Waals surface area contributed by atoms with Crippen LogP contribution >= 0.6 is 0 Å². The first kappa shape index (κ1) is 14.5. The molecule has 0 amide bonds. The number of benzene rings is 1. The van der Waals surface area contributed by atoms with Crippen LogP contribution in [0.3, 0.4) is 0 Å². The fourth-order valence-electron chi connectivity index (χ4n) is 2.45. The van der Waals surface area contributed by atoms with E-state index in [4.69, 9.17) is 0 Å². The number of nitrogens with one attached hydrogen (secondary N) is 1. The van der Waals surface area contributed by atoms with Gasteiger partial charge in [0.15, 0.2) is 0 Å². The highest BCUT2D eigenvalue weighted by atomic mass is 35.5. The summed E-state index contributed by atoms with van der Waals surface area (Å²) >= 11 is 0. The highest BCUT2D eigenvalue weighted by Crippen LogP contribution is 2.18. The molecule has 0 heterocycles. The Balaban J connectivity index is 0.00000144. The molecule has 1 fully saturated rings. The number of hydrogen-bond donors (Lipinski definition) is 2. The third-order valence-electron chi connectivity index (χ3n) is 3.48. The second-order valence-corrected chi connectivity index (χ2v) is 4.64. The summed E-state index contributed by atoms with van der Waals surface area (Å²) in [4.78, 5) is 0. The lowest BCUT2D eigenvalue weighted by molar-refractivity contribution is -0.00000437. The fraction of sp³-hybridized carbons (Fsp3) is 0.571. The van der Waals surface area contributed by atoms with Crippen LogP contribution in [0.15, 0.2) is 24.3 Å². The molecule has 0 radical (unpaired) electrons. The molecule has 1 aliphatic carbocycles. The van der Waals surface area contributed by atoms with Crippen molar-refractivity contribution in [3.8, 4) is 0 Å². The van der Waals surface area contributed by atoms with E-state index in [0.29, 0.717) is 6.04 Å². The Morgan fingerprint density at radius 3 is 2.35 bits per heavy atom. The second-order valence-electron chi connectivity index (χ2n) is 4.64. The van der Waals surface area contributed by atoms with Crippen LogP contribution in [0.1, 0.15) is 43.2 Å². The van der Waals surface area contributed by atoms with Crippen LogP contribution in [-0.2, 0) is 13.2 Å². The maximum Gasteiger partial charge on any atom is 0.0685 e. The number of aliphatic hydroxyl groups excluding tert-OH is 1. The summed E-state index contributed by atoms with van der Waals surface area (Å²) in [5, 5.41) is 12.8. The molecule has 2 N–H and O–H groups in total. The van der Waals surface area contributed by atoms with E-state index in [1.165, 1.54) is 37.7 Å². The summed E-state index contributed by atoms with van der Waals surface area (Å²) in [6, 6.07) is 8.80. The van der Waals surface area contributed by atoms with Gasteiger partial charge in [0.25, 0.3) is 0 Å². The predicted octanol–water partition coefficient (Wildman–Crippen LogP) is -0.395. The van der Waals surface area contributed by atoms with Crippen molar-refractivity contribution < 1.29 is 17.5 Å². The van der Waals surface area contributed by atoms with Gasteiger partial charge in [0.05, 0.1) is 6.61 Å². The first-order valence-corrected chi connectivity index (χ1v) is 6.31. The van der Waals surface area contributed by atoms with Crippen molar-refractivity contribution in [1.29, 1.82) is 0 Å². The maximum atomic E-state index is 9.23. The van der Waals surface area contributed by atoms with Gasteiger partial charge >= 0.3 is 0 Å². The maximum absolute atomic E-state index is 9.23. The summed E-state index contributed by atoms with van der Waals surface area (Å²) in [5.41, 5.74) is 2.28. The van der Waals surface area contributed by atoms with Crippen molar-refractivity contribution in [2.24, 2.45) is 0 Å². The standard InChI is InChI=1S/C14H21NO.ClH/c16-11-13-7-5-4-6-12(13)10-15-14-8-2-1-3-9-14;/h4-7,14-16H,1-3,8-11H2;1H/p-1. The molecule has 0 saturated heterocycles. The Labute approximate surface area is 110 Å². The Morgan fingerprint density at radius 1 is 1.06 bits per heavy atom. The molecule has 0 aromatic heterocycles. The monoisotopic (exact) mass is 254 g/mol. The molecule has 1 aromatic rings. The quantitative estimate of drug-likeness (QED) is 0.767. The number of halogens is 1. The van der Waals surface area contributed by atoms with Crippen LogP contribution in [0.4, 0.5) is 0 Å². The molecular formula is C14H21ClNO-. The molecule has 0 spiro atoms. The molecule has 1 saturated carbocycles. The normalized spacial score (nSPS) is 16.5. The first-order valence-electron chi connectivity index (χ1n) is 6.31. The molecule has 96 valence electrons. The van der Waals surface area contributed by atoms with E-state index in [0.717, 1.165) is 12.1 Å². The van der Waals surface area contributed by atoms with E-state index in [1.54, 1.807) is 0 Å². The molecule has 0 unspecified atom stereocenters. The predicted molar refractivity (Wildman–Crippen MR) is 66.1 cm³/mol. The molecule has 1 aromatic carbocycles. The van der Waals surface area contributed by atoms with Crippen molar-refractivity contribution in [1.82, 2.24) is 5.32 Å². The molecule has 2 nitrogen and oxygen atoms in total. The lowest BCUT2D eigenvalue weighted by Gasteiger charge is -2.23. The topological polar surface area (TPSA) is 32.3 Å². The summed E-state index contributed by atoms with van der Waals surface area (Å²) in [6.07, 6.45) is 6.73. The van der Waals surface area contributed by atoms with Gasteiger partial charge in [-0.3, -0.25) is 0 Å². The molecule has 2 rings (SSSR count). The van der Waals surface area contributed by atoms with Crippen LogP contribution in [0.5, 0.6) is 0 Å². The lowest BCUT2D eigenvalue weighted by Crippen LogP contribution is -3.00. The highest BCUT2D eigenvalue weighted by Gasteiger charge is 2.12. The zero-order valence-corrected chi connectivity index (χ0v) is 10.9. The van der Waals surface area contributed by atoms with Gasteiger partial charge in [-0.2, -0.15) is 0 Å². The van der Waals surface area contributed by atoms with E-state index in [-0.39, 0.29) is 19.0 Å². The van der Waals surface area contributed by atoms with Gasteiger partial charge in [0, 0.05) is 12.6 Å². The zero-order chi connectivity index (χ0) is 11.2. The minimum absolute atomic E-state index is 0. The van der Waals surface area contributed by atoms with Crippen LogP contribution < -0.4 is 17.7 Å². The van der Waals surface area contributed by atoms with Gasteiger partial charge in [0.1, 0.15) is 0 Å². The largest absolute Gasteiger partial charge is 1.00 e. The zero-order valence-electron chi connectivity index (χ0n) is 10.2. The molecule has 17 heavy (non-hydrogen) atoms. The third kappa shape index (κ3) is 4.30. The molecule has 0 atom stereocenters. The second kappa shape index (κ2) is 7.70. The Morgan fingerprint density at radius 2 is 1.71 bits per heavy atom. The van der Waals surface area contributed by atoms with Crippen LogP contribution in [0.25, 0.3) is 0 Å². The van der Waals surface area contributed by atoms with Crippen LogP contribution in [-0.4, -0.2) is 11.1 Å². The molecule has 0 bridgehead atoms. The summed E-state index contributed by atoms with van der Waals surface area (Å²) in [7, 11) is 0. The van der Waals surface area contributed by atoms with E-state index < -0.39 is 0 Å². The summed E-state index contributed by atoms with van der Waals surface area (Å²) in [5.74, 6) is 0. The third-order valence-corrected chi connectivity index (χ3v) is 3.48. The summed E-state index contributed by atoms with van der Waals surface area (Å²) in [6.45, 7) is 1.03. The summed E-state index contributed by atoms with van der Waals surface area (Å²) < 4.78 is 0. The number of hydrogen-bond acceptors (Lipinski definition) is 2. The number of aliphatic hydroxyl groups is 1. The van der Waals surface area contributed by atoms with Crippen molar-refractivity contribution in [2.75, 3.05) is 0 Å². The number of rotatable bonds is 4. The Bertz CT molecular complexity index is 324.